The monoisotopic (exact) mass is 392 g/mol. The summed E-state index contributed by atoms with van der Waals surface area (Å²) in [4.78, 5) is 0. The van der Waals surface area contributed by atoms with Gasteiger partial charge in [-0.2, -0.15) is 0 Å². The van der Waals surface area contributed by atoms with Gasteiger partial charge < -0.3 is 0 Å². The van der Waals surface area contributed by atoms with Crippen LogP contribution in [0.1, 0.15) is 164 Å². The zero-order valence-electron chi connectivity index (χ0n) is 20.9. The fourth-order valence-corrected chi connectivity index (χ4v) is 6.94. The number of hydrogen-bond donors (Lipinski definition) is 0. The van der Waals surface area contributed by atoms with Gasteiger partial charge in [0.1, 0.15) is 0 Å². The molecular formula is C28H56. The van der Waals surface area contributed by atoms with Crippen molar-refractivity contribution >= 4 is 0 Å². The van der Waals surface area contributed by atoms with E-state index in [-0.39, 0.29) is 0 Å². The van der Waals surface area contributed by atoms with Crippen molar-refractivity contribution in [3.8, 4) is 0 Å². The second kappa shape index (κ2) is 13.3. The van der Waals surface area contributed by atoms with Crippen LogP contribution in [0.4, 0.5) is 0 Å². The summed E-state index contributed by atoms with van der Waals surface area (Å²) in [7, 11) is 0. The maximum Gasteiger partial charge on any atom is -0.0190 e. The van der Waals surface area contributed by atoms with Crippen molar-refractivity contribution < 1.29 is 0 Å². The third-order valence-electron chi connectivity index (χ3n) is 8.85. The molecule has 1 rings (SSSR count). The summed E-state index contributed by atoms with van der Waals surface area (Å²) in [6, 6.07) is 0. The lowest BCUT2D eigenvalue weighted by atomic mass is 9.44. The highest BCUT2D eigenvalue weighted by atomic mass is 14.6. The van der Waals surface area contributed by atoms with Crippen LogP contribution in [0, 0.1) is 16.2 Å². The van der Waals surface area contributed by atoms with Gasteiger partial charge in [0.15, 0.2) is 0 Å². The Morgan fingerprint density at radius 1 is 0.500 bits per heavy atom. The molecule has 0 heteroatoms. The van der Waals surface area contributed by atoms with Crippen LogP contribution >= 0.6 is 0 Å². The van der Waals surface area contributed by atoms with Crippen molar-refractivity contribution in [1.82, 2.24) is 0 Å². The first kappa shape index (κ1) is 26.0. The number of hydrogen-bond acceptors (Lipinski definition) is 0. The zero-order chi connectivity index (χ0) is 20.9. The maximum atomic E-state index is 2.76. The van der Waals surface area contributed by atoms with Crippen LogP contribution in [0.15, 0.2) is 0 Å². The van der Waals surface area contributed by atoms with Gasteiger partial charge in [0.2, 0.25) is 0 Å². The fourth-order valence-electron chi connectivity index (χ4n) is 6.94. The predicted octanol–water partition coefficient (Wildman–Crippen LogP) is 10.5. The van der Waals surface area contributed by atoms with E-state index >= 15 is 0 Å². The molecule has 0 N–H and O–H groups in total. The second-order valence-electron chi connectivity index (χ2n) is 10.9. The number of rotatable bonds is 15. The van der Waals surface area contributed by atoms with Gasteiger partial charge in [0, 0.05) is 0 Å². The van der Waals surface area contributed by atoms with E-state index in [4.69, 9.17) is 0 Å². The molecule has 1 saturated carbocycles. The third-order valence-corrected chi connectivity index (χ3v) is 8.85. The van der Waals surface area contributed by atoms with Gasteiger partial charge in [-0.1, -0.05) is 125 Å². The molecule has 1 aliphatic carbocycles. The van der Waals surface area contributed by atoms with Crippen molar-refractivity contribution in [2.24, 2.45) is 16.2 Å². The zero-order valence-corrected chi connectivity index (χ0v) is 20.9. The first-order valence-electron chi connectivity index (χ1n) is 13.4. The van der Waals surface area contributed by atoms with Crippen LogP contribution in [0.2, 0.25) is 0 Å². The molecule has 0 heterocycles. The molecular weight excluding hydrogens is 336 g/mol. The van der Waals surface area contributed by atoms with Gasteiger partial charge in [0.25, 0.3) is 0 Å². The van der Waals surface area contributed by atoms with Crippen LogP contribution in [-0.4, -0.2) is 0 Å². The lowest BCUT2D eigenvalue weighted by molar-refractivity contribution is -0.108. The Hall–Kier alpha value is 0. The highest BCUT2D eigenvalue weighted by Crippen LogP contribution is 2.65. The average molecular weight is 393 g/mol. The molecule has 168 valence electrons. The summed E-state index contributed by atoms with van der Waals surface area (Å²) in [5, 5.41) is 0. The Morgan fingerprint density at radius 3 is 1.21 bits per heavy atom. The van der Waals surface area contributed by atoms with Gasteiger partial charge in [-0.25, -0.2) is 0 Å². The Bertz CT molecular complexity index is 365. The van der Waals surface area contributed by atoms with Gasteiger partial charge in [0.05, 0.1) is 0 Å². The summed E-state index contributed by atoms with van der Waals surface area (Å²) >= 11 is 0. The molecule has 0 amide bonds. The van der Waals surface area contributed by atoms with Gasteiger partial charge in [-0.05, 0) is 54.8 Å². The standard InChI is InChI=1S/C28H56/c1-7-11-17-23-27(6,22-14-10-4)28(24-18-15-16-19-25-28)26(5,20-12-8-2)21-13-9-3/h7-25H2,1-6H3. The van der Waals surface area contributed by atoms with E-state index in [0.29, 0.717) is 16.2 Å². The van der Waals surface area contributed by atoms with Crippen molar-refractivity contribution in [3.05, 3.63) is 0 Å². The van der Waals surface area contributed by atoms with E-state index in [2.05, 4.69) is 41.5 Å². The molecule has 1 fully saturated rings. The summed E-state index contributed by atoms with van der Waals surface area (Å²) in [6.45, 7) is 15.1. The summed E-state index contributed by atoms with van der Waals surface area (Å²) in [5.41, 5.74) is 1.65. The first-order valence-corrected chi connectivity index (χ1v) is 13.4. The molecule has 1 unspecified atom stereocenters. The largest absolute Gasteiger partial charge is 0.0654 e. The minimum absolute atomic E-state index is 0.540. The van der Waals surface area contributed by atoms with Gasteiger partial charge >= 0.3 is 0 Å². The highest BCUT2D eigenvalue weighted by Gasteiger charge is 2.56. The Kier molecular flexibility index (Phi) is 12.4. The quantitative estimate of drug-likeness (QED) is 0.192. The van der Waals surface area contributed by atoms with E-state index in [1.54, 1.807) is 0 Å². The molecule has 0 aromatic heterocycles. The van der Waals surface area contributed by atoms with Gasteiger partial charge in [-0.15, -0.1) is 0 Å². The smallest absolute Gasteiger partial charge is 0.0190 e. The molecule has 0 aliphatic heterocycles. The lowest BCUT2D eigenvalue weighted by Crippen LogP contribution is -2.51. The van der Waals surface area contributed by atoms with E-state index in [1.165, 1.54) is 122 Å². The van der Waals surface area contributed by atoms with Crippen LogP contribution in [-0.2, 0) is 0 Å². The Balaban J connectivity index is 3.37. The van der Waals surface area contributed by atoms with E-state index in [0.717, 1.165) is 0 Å². The predicted molar refractivity (Wildman–Crippen MR) is 129 cm³/mol. The summed E-state index contributed by atoms with van der Waals surface area (Å²) < 4.78 is 0. The fraction of sp³-hybridized carbons (Fsp3) is 1.00. The molecule has 1 aliphatic rings. The molecule has 0 aromatic rings. The summed E-state index contributed by atoms with van der Waals surface area (Å²) in [5.74, 6) is 0. The SMILES string of the molecule is CCCCCC(C)(CCCC)C1(C(C)(CCCC)CCCC)CCCCCC1. The van der Waals surface area contributed by atoms with Crippen molar-refractivity contribution in [1.29, 1.82) is 0 Å². The van der Waals surface area contributed by atoms with Crippen LogP contribution in [0.5, 0.6) is 0 Å². The van der Waals surface area contributed by atoms with E-state index in [9.17, 15) is 0 Å². The van der Waals surface area contributed by atoms with Crippen molar-refractivity contribution in [3.63, 3.8) is 0 Å². The number of unbranched alkanes of at least 4 members (excludes halogenated alkanes) is 5. The molecule has 0 bridgehead atoms. The average Bonchev–Trinajstić information content (AvgIpc) is 2.97. The topological polar surface area (TPSA) is 0 Å². The maximum absolute atomic E-state index is 2.76. The minimum Gasteiger partial charge on any atom is -0.0654 e. The molecule has 0 saturated heterocycles. The third kappa shape index (κ3) is 6.50. The molecule has 1 atom stereocenters. The van der Waals surface area contributed by atoms with E-state index in [1.807, 2.05) is 0 Å². The minimum atomic E-state index is 0.540. The molecule has 0 radical (unpaired) electrons. The molecule has 28 heavy (non-hydrogen) atoms. The Labute approximate surface area is 180 Å². The van der Waals surface area contributed by atoms with Crippen molar-refractivity contribution in [2.45, 2.75) is 164 Å². The van der Waals surface area contributed by atoms with Gasteiger partial charge in [-0.3, -0.25) is 0 Å². The summed E-state index contributed by atoms with van der Waals surface area (Å²) in [6.07, 6.45) is 27.5. The van der Waals surface area contributed by atoms with Crippen LogP contribution < -0.4 is 0 Å². The molecule has 0 spiro atoms. The second-order valence-corrected chi connectivity index (χ2v) is 10.9. The normalized spacial score (nSPS) is 19.9. The van der Waals surface area contributed by atoms with Crippen LogP contribution in [0.3, 0.4) is 0 Å². The van der Waals surface area contributed by atoms with Crippen LogP contribution in [0.25, 0.3) is 0 Å². The molecule has 0 nitrogen and oxygen atoms in total. The van der Waals surface area contributed by atoms with E-state index < -0.39 is 0 Å². The molecule has 0 aromatic carbocycles. The first-order chi connectivity index (χ1) is 13.4. The van der Waals surface area contributed by atoms with Crippen molar-refractivity contribution in [2.75, 3.05) is 0 Å². The highest BCUT2D eigenvalue weighted by molar-refractivity contribution is 5.05. The lowest BCUT2D eigenvalue weighted by Gasteiger charge is -2.60. The Morgan fingerprint density at radius 2 is 0.857 bits per heavy atom.